The fourth-order valence-electron chi connectivity index (χ4n) is 4.40. The maximum atomic E-state index is 13.3. The average Bonchev–Trinajstić information content (AvgIpc) is 2.86. The Morgan fingerprint density at radius 2 is 1.21 bits per heavy atom. The Morgan fingerprint density at radius 3 is 1.76 bits per heavy atom. The highest BCUT2D eigenvalue weighted by molar-refractivity contribution is 7.89. The minimum atomic E-state index is -3.80. The van der Waals surface area contributed by atoms with Crippen molar-refractivity contribution >= 4 is 21.8 Å². The van der Waals surface area contributed by atoms with Gasteiger partial charge in [0.15, 0.2) is 0 Å². The minimum Gasteiger partial charge on any atom is -0.290 e. The first-order valence-electron chi connectivity index (χ1n) is 10.9. The van der Waals surface area contributed by atoms with E-state index in [4.69, 9.17) is 0 Å². The molecular formula is C25H22N4O4S. The summed E-state index contributed by atoms with van der Waals surface area (Å²) in [5.74, 6) is -1.95. The summed E-state index contributed by atoms with van der Waals surface area (Å²) < 4.78 is 28.1. The van der Waals surface area contributed by atoms with E-state index in [1.165, 1.54) is 22.5 Å². The molecule has 0 radical (unpaired) electrons. The molecule has 3 aromatic rings. The van der Waals surface area contributed by atoms with E-state index >= 15 is 0 Å². The number of amides is 2. The van der Waals surface area contributed by atoms with Gasteiger partial charge in [-0.05, 0) is 29.3 Å². The topological polar surface area (TPSA) is 99.5 Å². The molecule has 8 nitrogen and oxygen atoms in total. The Balaban J connectivity index is 1.39. The van der Waals surface area contributed by atoms with Gasteiger partial charge < -0.3 is 0 Å². The standard InChI is InChI=1S/C25H22N4O4S/c30-24-25(31)27-22-17-20(11-12-21(22)26-24)34(32,33)29-15-13-28(14-16-29)23(18-7-3-1-4-8-18)19-9-5-2-6-10-19/h1-12,17,23H,13-16H2. The van der Waals surface area contributed by atoms with Crippen LogP contribution in [0.3, 0.4) is 0 Å². The Kier molecular flexibility index (Phi) is 5.91. The Labute approximate surface area is 196 Å². The van der Waals surface area contributed by atoms with Gasteiger partial charge in [-0.1, -0.05) is 60.7 Å². The molecule has 2 amide bonds. The number of rotatable bonds is 5. The summed E-state index contributed by atoms with van der Waals surface area (Å²) >= 11 is 0. The lowest BCUT2D eigenvalue weighted by Gasteiger charge is -2.39. The number of nitrogens with zero attached hydrogens (tertiary/aromatic N) is 4. The van der Waals surface area contributed by atoms with Crippen LogP contribution in [0.1, 0.15) is 17.2 Å². The fraction of sp³-hybridized carbons (Fsp3) is 0.200. The van der Waals surface area contributed by atoms with E-state index in [0.29, 0.717) is 26.2 Å². The lowest BCUT2D eigenvalue weighted by Crippen LogP contribution is -2.50. The lowest BCUT2D eigenvalue weighted by atomic mass is 9.96. The molecule has 172 valence electrons. The van der Waals surface area contributed by atoms with Crippen LogP contribution in [-0.2, 0) is 19.6 Å². The van der Waals surface area contributed by atoms with Gasteiger partial charge in [-0.3, -0.25) is 14.5 Å². The summed E-state index contributed by atoms with van der Waals surface area (Å²) in [6.45, 7) is 1.78. The molecule has 34 heavy (non-hydrogen) atoms. The molecule has 1 fully saturated rings. The van der Waals surface area contributed by atoms with Crippen molar-refractivity contribution in [2.45, 2.75) is 10.9 Å². The van der Waals surface area contributed by atoms with Crippen LogP contribution in [0.2, 0.25) is 0 Å². The molecule has 0 saturated carbocycles. The predicted molar refractivity (Wildman–Crippen MR) is 124 cm³/mol. The molecule has 2 aliphatic heterocycles. The second-order valence-corrected chi connectivity index (χ2v) is 10.1. The monoisotopic (exact) mass is 474 g/mol. The molecule has 3 aromatic carbocycles. The van der Waals surface area contributed by atoms with Crippen LogP contribution < -0.4 is 10.7 Å². The van der Waals surface area contributed by atoms with Crippen molar-refractivity contribution in [1.82, 2.24) is 9.21 Å². The largest absolute Gasteiger partial charge is 0.338 e. The van der Waals surface area contributed by atoms with Crippen LogP contribution in [0, 0.1) is 0 Å². The molecule has 1 saturated heterocycles. The maximum absolute atomic E-state index is 13.3. The Bertz CT molecular complexity index is 1430. The first-order valence-corrected chi connectivity index (χ1v) is 12.4. The zero-order valence-electron chi connectivity index (χ0n) is 18.2. The van der Waals surface area contributed by atoms with Crippen molar-refractivity contribution in [3.63, 3.8) is 0 Å². The van der Waals surface area contributed by atoms with Crippen molar-refractivity contribution in [3.05, 3.63) is 101 Å². The third kappa shape index (κ3) is 4.21. The molecule has 2 heterocycles. The number of carbonyl (C=O) groups excluding carboxylic acids is 2. The first-order chi connectivity index (χ1) is 16.4. The van der Waals surface area contributed by atoms with Gasteiger partial charge in [0.2, 0.25) is 10.0 Å². The van der Waals surface area contributed by atoms with Crippen molar-refractivity contribution < 1.29 is 18.0 Å². The van der Waals surface area contributed by atoms with Crippen LogP contribution in [0.25, 0.3) is 0 Å². The number of hydrogen-bond acceptors (Lipinski definition) is 5. The van der Waals surface area contributed by atoms with Crippen molar-refractivity contribution in [1.29, 1.82) is 0 Å². The number of fused-ring (bicyclic) bond motifs is 1. The highest BCUT2D eigenvalue weighted by Crippen LogP contribution is 2.30. The molecule has 0 spiro atoms. The SMILES string of the molecule is O=C1N=c2ccc(S(=O)(=O)N3CCN(C(c4ccccc4)c4ccccc4)CC3)cc2=NC1=O. The summed E-state index contributed by atoms with van der Waals surface area (Å²) in [6, 6.07) is 24.5. The van der Waals surface area contributed by atoms with Gasteiger partial charge in [0.05, 0.1) is 21.7 Å². The molecule has 0 atom stereocenters. The number of hydrogen-bond donors (Lipinski definition) is 0. The van der Waals surface area contributed by atoms with Gasteiger partial charge in [-0.2, -0.15) is 4.31 Å². The van der Waals surface area contributed by atoms with E-state index in [0.717, 1.165) is 11.1 Å². The number of piperazine rings is 1. The lowest BCUT2D eigenvalue weighted by molar-refractivity contribution is -0.135. The van der Waals surface area contributed by atoms with E-state index in [9.17, 15) is 18.0 Å². The Hall–Kier alpha value is -3.53. The molecular weight excluding hydrogens is 452 g/mol. The van der Waals surface area contributed by atoms with Gasteiger partial charge in [0.25, 0.3) is 0 Å². The number of sulfonamides is 1. The molecule has 0 aliphatic carbocycles. The van der Waals surface area contributed by atoms with Crippen LogP contribution >= 0.6 is 0 Å². The predicted octanol–water partition coefficient (Wildman–Crippen LogP) is 1.09. The smallest absolute Gasteiger partial charge is 0.290 e. The van der Waals surface area contributed by atoms with E-state index in [-0.39, 0.29) is 21.7 Å². The van der Waals surface area contributed by atoms with E-state index in [1.807, 2.05) is 36.4 Å². The van der Waals surface area contributed by atoms with Crippen molar-refractivity contribution in [3.8, 4) is 0 Å². The fourth-order valence-corrected chi connectivity index (χ4v) is 5.84. The molecule has 5 rings (SSSR count). The molecule has 9 heteroatoms. The van der Waals surface area contributed by atoms with Crippen molar-refractivity contribution in [2.75, 3.05) is 26.2 Å². The van der Waals surface area contributed by atoms with Crippen LogP contribution in [0.15, 0.2) is 93.7 Å². The summed E-state index contributed by atoms with van der Waals surface area (Å²) in [5.41, 5.74) is 2.31. The van der Waals surface area contributed by atoms with Gasteiger partial charge in [0, 0.05) is 26.2 Å². The summed E-state index contributed by atoms with van der Waals surface area (Å²) in [7, 11) is -3.80. The van der Waals surface area contributed by atoms with Gasteiger partial charge in [0.1, 0.15) is 0 Å². The average molecular weight is 475 g/mol. The second kappa shape index (κ2) is 9.02. The van der Waals surface area contributed by atoms with Crippen LogP contribution in [0.5, 0.6) is 0 Å². The molecule has 0 bridgehead atoms. The Morgan fingerprint density at radius 1 is 0.676 bits per heavy atom. The van der Waals surface area contributed by atoms with E-state index < -0.39 is 21.8 Å². The normalized spacial score (nSPS) is 17.2. The van der Waals surface area contributed by atoms with Gasteiger partial charge >= 0.3 is 11.8 Å². The second-order valence-electron chi connectivity index (χ2n) is 8.15. The maximum Gasteiger partial charge on any atom is 0.338 e. The summed E-state index contributed by atoms with van der Waals surface area (Å²) in [4.78, 5) is 32.7. The minimum absolute atomic E-state index is 0.0277. The van der Waals surface area contributed by atoms with Gasteiger partial charge in [-0.25, -0.2) is 18.4 Å². The zero-order chi connectivity index (χ0) is 23.7. The van der Waals surface area contributed by atoms with Gasteiger partial charge in [-0.15, -0.1) is 0 Å². The number of carbonyl (C=O) groups is 2. The van der Waals surface area contributed by atoms with E-state index in [1.54, 1.807) is 0 Å². The molecule has 0 N–H and O–H groups in total. The first kappa shape index (κ1) is 22.3. The quantitative estimate of drug-likeness (QED) is 0.516. The van der Waals surface area contributed by atoms with Crippen molar-refractivity contribution in [2.24, 2.45) is 9.98 Å². The molecule has 0 unspecified atom stereocenters. The summed E-state index contributed by atoms with van der Waals surface area (Å²) in [5, 5.41) is 0.291. The molecule has 2 aliphatic rings. The van der Waals surface area contributed by atoms with Crippen LogP contribution in [0.4, 0.5) is 0 Å². The number of benzene rings is 3. The van der Waals surface area contributed by atoms with Crippen LogP contribution in [-0.4, -0.2) is 55.6 Å². The third-order valence-corrected chi connectivity index (χ3v) is 7.98. The highest BCUT2D eigenvalue weighted by atomic mass is 32.2. The van der Waals surface area contributed by atoms with E-state index in [2.05, 4.69) is 39.2 Å². The molecule has 0 aromatic heterocycles. The third-order valence-electron chi connectivity index (χ3n) is 6.08. The highest BCUT2D eigenvalue weighted by Gasteiger charge is 2.32. The summed E-state index contributed by atoms with van der Waals surface area (Å²) in [6.07, 6.45) is 0. The zero-order valence-corrected chi connectivity index (χ0v) is 19.1.